The molecule has 104 valence electrons. The van der Waals surface area contributed by atoms with Crippen LogP contribution in [0.5, 0.6) is 0 Å². The van der Waals surface area contributed by atoms with E-state index in [1.807, 2.05) is 4.90 Å². The van der Waals surface area contributed by atoms with Gasteiger partial charge in [-0.05, 0) is 51.7 Å². The number of nitrogens with zero attached hydrogens (tertiary/aromatic N) is 1. The van der Waals surface area contributed by atoms with Crippen molar-refractivity contribution < 1.29 is 4.79 Å². The van der Waals surface area contributed by atoms with Crippen LogP contribution in [0.3, 0.4) is 0 Å². The first kappa shape index (κ1) is 14.4. The summed E-state index contributed by atoms with van der Waals surface area (Å²) in [6, 6.07) is 6.31. The summed E-state index contributed by atoms with van der Waals surface area (Å²) in [5.41, 5.74) is 3.32. The molecule has 2 unspecified atom stereocenters. The van der Waals surface area contributed by atoms with Crippen molar-refractivity contribution in [3.05, 3.63) is 29.3 Å². The van der Waals surface area contributed by atoms with E-state index < -0.39 is 5.38 Å². The van der Waals surface area contributed by atoms with Gasteiger partial charge in [0, 0.05) is 11.2 Å². The predicted octanol–water partition coefficient (Wildman–Crippen LogP) is 4.24. The van der Waals surface area contributed by atoms with E-state index >= 15 is 0 Å². The second kappa shape index (κ2) is 4.82. The number of rotatable bonds is 1. The third-order valence-corrected chi connectivity index (χ3v) is 4.11. The molecule has 1 aromatic carbocycles. The Morgan fingerprint density at radius 2 is 2.11 bits per heavy atom. The summed E-state index contributed by atoms with van der Waals surface area (Å²) in [5.74, 6) is 0.447. The Hall–Kier alpha value is -1.02. The number of hydrogen-bond acceptors (Lipinski definition) is 1. The average Bonchev–Trinajstić information content (AvgIpc) is 2.28. The molecule has 0 N–H and O–H groups in total. The number of halogens is 1. The molecule has 2 rings (SSSR count). The maximum absolute atomic E-state index is 12.5. The molecule has 2 atom stereocenters. The summed E-state index contributed by atoms with van der Waals surface area (Å²) in [6.07, 6.45) is 0.957. The Balaban J connectivity index is 2.58. The van der Waals surface area contributed by atoms with Gasteiger partial charge in [-0.25, -0.2) is 0 Å². The Kier molecular flexibility index (Phi) is 3.65. The molecule has 0 radical (unpaired) electrons. The lowest BCUT2D eigenvalue weighted by Crippen LogP contribution is -2.53. The van der Waals surface area contributed by atoms with Crippen molar-refractivity contribution in [1.29, 1.82) is 0 Å². The van der Waals surface area contributed by atoms with E-state index in [1.165, 1.54) is 11.1 Å². The number of fused-ring (bicyclic) bond motifs is 1. The van der Waals surface area contributed by atoms with Crippen LogP contribution in [0, 0.1) is 6.92 Å². The first-order valence-electron chi connectivity index (χ1n) is 6.83. The zero-order valence-electron chi connectivity index (χ0n) is 12.3. The first-order valence-corrected chi connectivity index (χ1v) is 7.26. The normalized spacial score (nSPS) is 22.8. The number of benzene rings is 1. The van der Waals surface area contributed by atoms with Gasteiger partial charge in [0.1, 0.15) is 5.38 Å². The van der Waals surface area contributed by atoms with E-state index in [1.54, 1.807) is 6.92 Å². The van der Waals surface area contributed by atoms with Crippen molar-refractivity contribution in [2.24, 2.45) is 0 Å². The minimum Gasteiger partial charge on any atom is -0.305 e. The molecule has 0 saturated heterocycles. The van der Waals surface area contributed by atoms with Gasteiger partial charge in [-0.3, -0.25) is 4.79 Å². The number of hydrogen-bond donors (Lipinski definition) is 0. The van der Waals surface area contributed by atoms with E-state index in [0.717, 1.165) is 12.1 Å². The second-order valence-electron chi connectivity index (χ2n) is 6.27. The lowest BCUT2D eigenvalue weighted by atomic mass is 9.79. The molecule has 19 heavy (non-hydrogen) atoms. The predicted molar refractivity (Wildman–Crippen MR) is 81.1 cm³/mol. The van der Waals surface area contributed by atoms with Gasteiger partial charge >= 0.3 is 0 Å². The molecular formula is C16H22ClNO. The highest BCUT2D eigenvalue weighted by Gasteiger charge is 2.40. The average molecular weight is 280 g/mol. The van der Waals surface area contributed by atoms with E-state index in [4.69, 9.17) is 11.6 Å². The van der Waals surface area contributed by atoms with Crippen LogP contribution in [0.2, 0.25) is 0 Å². The third kappa shape index (κ3) is 2.51. The maximum atomic E-state index is 12.5. The smallest absolute Gasteiger partial charge is 0.245 e. The molecule has 2 nitrogen and oxygen atoms in total. The second-order valence-corrected chi connectivity index (χ2v) is 6.92. The molecule has 0 aliphatic carbocycles. The zero-order chi connectivity index (χ0) is 14.4. The molecule has 3 heteroatoms. The van der Waals surface area contributed by atoms with Gasteiger partial charge in [0.15, 0.2) is 0 Å². The van der Waals surface area contributed by atoms with E-state index in [2.05, 4.69) is 45.9 Å². The summed E-state index contributed by atoms with van der Waals surface area (Å²) in [4.78, 5) is 14.4. The molecule has 0 saturated carbocycles. The Morgan fingerprint density at radius 1 is 1.47 bits per heavy atom. The van der Waals surface area contributed by atoms with Crippen LogP contribution < -0.4 is 4.90 Å². The molecule has 1 amide bonds. The van der Waals surface area contributed by atoms with E-state index in [0.29, 0.717) is 5.92 Å². The van der Waals surface area contributed by atoms with Crippen molar-refractivity contribution in [1.82, 2.24) is 0 Å². The van der Waals surface area contributed by atoms with E-state index in [-0.39, 0.29) is 11.4 Å². The summed E-state index contributed by atoms with van der Waals surface area (Å²) in [6.45, 7) is 10.3. The number of aryl methyl sites for hydroxylation is 1. The van der Waals surface area contributed by atoms with Crippen LogP contribution in [0.4, 0.5) is 5.69 Å². The number of carbonyl (C=O) groups is 1. The monoisotopic (exact) mass is 279 g/mol. The first-order chi connectivity index (χ1) is 8.74. The highest BCUT2D eigenvalue weighted by molar-refractivity contribution is 6.32. The van der Waals surface area contributed by atoms with Crippen LogP contribution in [-0.4, -0.2) is 16.8 Å². The van der Waals surface area contributed by atoms with Crippen LogP contribution in [0.1, 0.15) is 51.2 Å². The largest absolute Gasteiger partial charge is 0.305 e. The molecule has 1 aliphatic rings. The number of amides is 1. The van der Waals surface area contributed by atoms with Gasteiger partial charge in [0.2, 0.25) is 5.91 Å². The van der Waals surface area contributed by atoms with Crippen LogP contribution in [-0.2, 0) is 4.79 Å². The molecule has 0 spiro atoms. The highest BCUT2D eigenvalue weighted by Crippen LogP contribution is 2.44. The fraction of sp³-hybridized carbons (Fsp3) is 0.562. The van der Waals surface area contributed by atoms with Gasteiger partial charge in [-0.1, -0.05) is 24.6 Å². The van der Waals surface area contributed by atoms with Crippen molar-refractivity contribution >= 4 is 23.2 Å². The molecule has 1 aliphatic heterocycles. The van der Waals surface area contributed by atoms with Gasteiger partial charge in [-0.2, -0.15) is 0 Å². The van der Waals surface area contributed by atoms with Crippen molar-refractivity contribution in [3.8, 4) is 0 Å². The summed E-state index contributed by atoms with van der Waals surface area (Å²) < 4.78 is 0. The Labute approximate surface area is 120 Å². The lowest BCUT2D eigenvalue weighted by Gasteiger charge is -2.46. The Morgan fingerprint density at radius 3 is 2.68 bits per heavy atom. The third-order valence-electron chi connectivity index (χ3n) is 3.93. The van der Waals surface area contributed by atoms with E-state index in [9.17, 15) is 4.79 Å². The lowest BCUT2D eigenvalue weighted by molar-refractivity contribution is -0.119. The van der Waals surface area contributed by atoms with Crippen molar-refractivity contribution in [3.63, 3.8) is 0 Å². The maximum Gasteiger partial charge on any atom is 0.245 e. The van der Waals surface area contributed by atoms with Crippen molar-refractivity contribution in [2.45, 2.75) is 57.9 Å². The van der Waals surface area contributed by atoms with Crippen LogP contribution >= 0.6 is 11.6 Å². The van der Waals surface area contributed by atoms with Gasteiger partial charge < -0.3 is 4.90 Å². The quantitative estimate of drug-likeness (QED) is 0.704. The minimum atomic E-state index is -0.498. The van der Waals surface area contributed by atoms with Crippen LogP contribution in [0.25, 0.3) is 0 Å². The fourth-order valence-electron chi connectivity index (χ4n) is 3.14. The molecule has 0 aromatic heterocycles. The van der Waals surface area contributed by atoms with Gasteiger partial charge in [-0.15, -0.1) is 11.6 Å². The standard InChI is InChI=1S/C16H22ClNO/c1-10-6-7-14-13(8-10)11(2)9-16(4,5)18(14)15(19)12(3)17/h6-8,11-12H,9H2,1-5H3. The number of alkyl halides is 1. The molecule has 1 heterocycles. The fourth-order valence-corrected chi connectivity index (χ4v) is 3.24. The topological polar surface area (TPSA) is 20.3 Å². The van der Waals surface area contributed by atoms with Gasteiger partial charge in [0.25, 0.3) is 0 Å². The number of anilines is 1. The summed E-state index contributed by atoms with van der Waals surface area (Å²) in [5, 5.41) is -0.498. The number of carbonyl (C=O) groups excluding carboxylic acids is 1. The van der Waals surface area contributed by atoms with Crippen LogP contribution in [0.15, 0.2) is 18.2 Å². The molecular weight excluding hydrogens is 258 g/mol. The molecule has 1 aromatic rings. The Bertz CT molecular complexity index is 507. The summed E-state index contributed by atoms with van der Waals surface area (Å²) in [7, 11) is 0. The minimum absolute atomic E-state index is 0.0105. The van der Waals surface area contributed by atoms with Gasteiger partial charge in [0.05, 0.1) is 0 Å². The molecule has 0 fully saturated rings. The highest BCUT2D eigenvalue weighted by atomic mass is 35.5. The zero-order valence-corrected chi connectivity index (χ0v) is 13.1. The SMILES string of the molecule is Cc1ccc2c(c1)C(C)CC(C)(C)N2C(=O)C(C)Cl. The summed E-state index contributed by atoms with van der Waals surface area (Å²) >= 11 is 6.03. The molecule has 0 bridgehead atoms. The van der Waals surface area contributed by atoms with Crippen molar-refractivity contribution in [2.75, 3.05) is 4.90 Å².